The SMILES string of the molecule is Cl.O=C(C1CC1c1ccc(OCc2ccccc2)cc1)N1C[C@H]2CNC[C@H]2C1. The minimum atomic E-state index is 0. The van der Waals surface area contributed by atoms with Crippen molar-refractivity contribution < 1.29 is 9.53 Å². The van der Waals surface area contributed by atoms with Gasteiger partial charge in [-0.25, -0.2) is 0 Å². The van der Waals surface area contributed by atoms with Gasteiger partial charge in [-0.15, -0.1) is 12.4 Å². The van der Waals surface area contributed by atoms with Crippen molar-refractivity contribution in [1.82, 2.24) is 10.2 Å². The quantitative estimate of drug-likeness (QED) is 0.838. The van der Waals surface area contributed by atoms with Gasteiger partial charge < -0.3 is 15.0 Å². The zero-order valence-corrected chi connectivity index (χ0v) is 16.7. The molecule has 0 radical (unpaired) electrons. The number of hydrogen-bond acceptors (Lipinski definition) is 3. The van der Waals surface area contributed by atoms with Crippen LogP contribution in [0.1, 0.15) is 23.5 Å². The molecule has 1 aliphatic carbocycles. The van der Waals surface area contributed by atoms with Crippen LogP contribution in [-0.2, 0) is 11.4 Å². The van der Waals surface area contributed by atoms with Crippen molar-refractivity contribution in [2.45, 2.75) is 18.9 Å². The Morgan fingerprint density at radius 3 is 2.36 bits per heavy atom. The summed E-state index contributed by atoms with van der Waals surface area (Å²) < 4.78 is 5.86. The second kappa shape index (κ2) is 8.14. The van der Waals surface area contributed by atoms with E-state index in [4.69, 9.17) is 4.74 Å². The highest BCUT2D eigenvalue weighted by Gasteiger charge is 2.48. The number of ether oxygens (including phenoxy) is 1. The lowest BCUT2D eigenvalue weighted by atomic mass is 10.0. The lowest BCUT2D eigenvalue weighted by molar-refractivity contribution is -0.131. The van der Waals surface area contributed by atoms with Crippen LogP contribution in [-0.4, -0.2) is 37.0 Å². The Morgan fingerprint density at radius 1 is 1.00 bits per heavy atom. The van der Waals surface area contributed by atoms with Crippen LogP contribution in [0.5, 0.6) is 5.75 Å². The topological polar surface area (TPSA) is 41.6 Å². The van der Waals surface area contributed by atoms with Gasteiger partial charge in [-0.2, -0.15) is 0 Å². The number of hydrogen-bond donors (Lipinski definition) is 1. The fraction of sp³-hybridized carbons (Fsp3) is 0.435. The molecular weight excluding hydrogens is 372 g/mol. The molecule has 2 aromatic carbocycles. The highest BCUT2D eigenvalue weighted by atomic mass is 35.5. The highest BCUT2D eigenvalue weighted by molar-refractivity contribution is 5.85. The first-order chi connectivity index (χ1) is 13.3. The van der Waals surface area contributed by atoms with E-state index in [2.05, 4.69) is 34.5 Å². The number of benzene rings is 2. The van der Waals surface area contributed by atoms with Gasteiger partial charge in [0, 0.05) is 32.1 Å². The molecule has 3 aliphatic rings. The van der Waals surface area contributed by atoms with Crippen LogP contribution in [0.4, 0.5) is 0 Å². The maximum absolute atomic E-state index is 12.8. The molecule has 1 saturated carbocycles. The lowest BCUT2D eigenvalue weighted by Crippen LogP contribution is -2.33. The lowest BCUT2D eigenvalue weighted by Gasteiger charge is -2.17. The molecule has 1 amide bonds. The van der Waals surface area contributed by atoms with E-state index < -0.39 is 0 Å². The average Bonchev–Trinajstić information content (AvgIpc) is 3.21. The van der Waals surface area contributed by atoms with Gasteiger partial charge in [-0.3, -0.25) is 4.79 Å². The van der Waals surface area contributed by atoms with Gasteiger partial charge in [0.1, 0.15) is 12.4 Å². The Morgan fingerprint density at radius 2 is 1.68 bits per heavy atom. The van der Waals surface area contributed by atoms with Gasteiger partial charge in [-0.05, 0) is 47.4 Å². The fourth-order valence-electron chi connectivity index (χ4n) is 4.66. The molecule has 4 atom stereocenters. The molecule has 3 fully saturated rings. The predicted molar refractivity (Wildman–Crippen MR) is 112 cm³/mol. The molecule has 5 heteroatoms. The fourth-order valence-corrected chi connectivity index (χ4v) is 4.66. The van der Waals surface area contributed by atoms with Crippen LogP contribution in [0.2, 0.25) is 0 Å². The van der Waals surface area contributed by atoms with E-state index in [0.717, 1.165) is 38.3 Å². The number of carbonyl (C=O) groups is 1. The van der Waals surface area contributed by atoms with E-state index in [1.807, 2.05) is 30.3 Å². The Labute approximate surface area is 172 Å². The standard InChI is InChI=1S/C23H26N2O2.ClH/c26-23(25-13-18-11-24-12-19(18)14-25)22-10-21(22)17-6-8-20(9-7-17)27-15-16-4-2-1-3-5-16;/h1-9,18-19,21-22,24H,10-15H2;1H/t18-,19+,21?,22?;. The maximum atomic E-state index is 12.8. The van der Waals surface area contributed by atoms with Crippen LogP contribution in [0.25, 0.3) is 0 Å². The zero-order valence-electron chi connectivity index (χ0n) is 15.9. The summed E-state index contributed by atoms with van der Waals surface area (Å²) in [6.07, 6.45) is 0.993. The first-order valence-corrected chi connectivity index (χ1v) is 10.0. The third kappa shape index (κ3) is 3.89. The van der Waals surface area contributed by atoms with Gasteiger partial charge in [0.05, 0.1) is 0 Å². The average molecular weight is 399 g/mol. The van der Waals surface area contributed by atoms with E-state index in [1.165, 1.54) is 11.1 Å². The molecule has 2 heterocycles. The maximum Gasteiger partial charge on any atom is 0.226 e. The van der Waals surface area contributed by atoms with Gasteiger partial charge in [0.2, 0.25) is 5.91 Å². The monoisotopic (exact) mass is 398 g/mol. The predicted octanol–water partition coefficient (Wildman–Crippen LogP) is 3.47. The number of rotatable bonds is 5. The summed E-state index contributed by atoms with van der Waals surface area (Å²) in [6, 6.07) is 18.5. The Kier molecular flexibility index (Phi) is 5.61. The molecule has 28 heavy (non-hydrogen) atoms. The minimum Gasteiger partial charge on any atom is -0.489 e. The number of likely N-dealkylation sites (tertiary alicyclic amines) is 1. The van der Waals surface area contributed by atoms with Crippen molar-refractivity contribution >= 4 is 18.3 Å². The third-order valence-electron chi connectivity index (χ3n) is 6.37. The van der Waals surface area contributed by atoms with Crippen LogP contribution in [0.3, 0.4) is 0 Å². The van der Waals surface area contributed by atoms with Gasteiger partial charge in [0.25, 0.3) is 0 Å². The number of nitrogens with zero attached hydrogens (tertiary/aromatic N) is 1. The van der Waals surface area contributed by atoms with E-state index >= 15 is 0 Å². The van der Waals surface area contributed by atoms with Crippen LogP contribution in [0, 0.1) is 17.8 Å². The summed E-state index contributed by atoms with van der Waals surface area (Å²) in [5.74, 6) is 3.18. The number of nitrogens with one attached hydrogen (secondary N) is 1. The summed E-state index contributed by atoms with van der Waals surface area (Å²) in [6.45, 7) is 4.63. The van der Waals surface area contributed by atoms with E-state index in [9.17, 15) is 4.79 Å². The molecule has 2 aliphatic heterocycles. The summed E-state index contributed by atoms with van der Waals surface area (Å²) >= 11 is 0. The first kappa shape index (κ1) is 19.3. The first-order valence-electron chi connectivity index (χ1n) is 10.0. The van der Waals surface area contributed by atoms with Crippen molar-refractivity contribution in [3.8, 4) is 5.75 Å². The van der Waals surface area contributed by atoms with Crippen molar-refractivity contribution in [2.24, 2.45) is 17.8 Å². The van der Waals surface area contributed by atoms with Crippen LogP contribution < -0.4 is 10.1 Å². The van der Waals surface area contributed by atoms with Crippen LogP contribution in [0.15, 0.2) is 54.6 Å². The van der Waals surface area contributed by atoms with E-state index in [-0.39, 0.29) is 18.3 Å². The number of carbonyl (C=O) groups excluding carboxylic acids is 1. The second-order valence-corrected chi connectivity index (χ2v) is 8.21. The zero-order chi connectivity index (χ0) is 18.2. The number of halogens is 1. The van der Waals surface area contributed by atoms with Crippen molar-refractivity contribution in [1.29, 1.82) is 0 Å². The molecule has 0 spiro atoms. The van der Waals surface area contributed by atoms with Gasteiger partial charge in [-0.1, -0.05) is 42.5 Å². The summed E-state index contributed by atoms with van der Waals surface area (Å²) in [7, 11) is 0. The molecule has 4 nitrogen and oxygen atoms in total. The Hall–Kier alpha value is -2.04. The minimum absolute atomic E-state index is 0. The van der Waals surface area contributed by atoms with Crippen molar-refractivity contribution in [3.63, 3.8) is 0 Å². The molecule has 0 bridgehead atoms. The molecule has 2 unspecified atom stereocenters. The second-order valence-electron chi connectivity index (χ2n) is 8.21. The third-order valence-corrected chi connectivity index (χ3v) is 6.37. The Balaban J connectivity index is 0.00000192. The molecular formula is C23H27ClN2O2. The van der Waals surface area contributed by atoms with Gasteiger partial charge in [0.15, 0.2) is 0 Å². The van der Waals surface area contributed by atoms with Gasteiger partial charge >= 0.3 is 0 Å². The molecule has 0 aromatic heterocycles. The summed E-state index contributed by atoms with van der Waals surface area (Å²) in [4.78, 5) is 15.0. The van der Waals surface area contributed by atoms with Crippen molar-refractivity contribution in [3.05, 3.63) is 65.7 Å². The number of fused-ring (bicyclic) bond motifs is 1. The normalized spacial score (nSPS) is 27.8. The summed E-state index contributed by atoms with van der Waals surface area (Å²) in [5, 5.41) is 3.44. The highest BCUT2D eigenvalue weighted by Crippen LogP contribution is 2.49. The van der Waals surface area contributed by atoms with E-state index in [0.29, 0.717) is 30.3 Å². The molecule has 2 saturated heterocycles. The summed E-state index contributed by atoms with van der Waals surface area (Å²) in [5.41, 5.74) is 2.43. The molecule has 1 N–H and O–H groups in total. The molecule has 148 valence electrons. The molecule has 2 aromatic rings. The van der Waals surface area contributed by atoms with Crippen molar-refractivity contribution in [2.75, 3.05) is 26.2 Å². The largest absolute Gasteiger partial charge is 0.489 e. The Bertz CT molecular complexity index is 799. The van der Waals surface area contributed by atoms with E-state index in [1.54, 1.807) is 0 Å². The smallest absolute Gasteiger partial charge is 0.226 e. The number of amides is 1. The molecule has 5 rings (SSSR count). The van der Waals surface area contributed by atoms with Crippen LogP contribution >= 0.6 is 12.4 Å².